The maximum absolute atomic E-state index is 12.0. The number of nitrogens with two attached hydrogens (primary N) is 1. The second-order valence-corrected chi connectivity index (χ2v) is 4.87. The number of carbonyl (C=O) groups is 2. The number of nitriles is 1. The second kappa shape index (κ2) is 6.42. The molecule has 1 aromatic carbocycles. The van der Waals surface area contributed by atoms with Crippen LogP contribution in [-0.2, 0) is 9.47 Å². The highest BCUT2D eigenvalue weighted by atomic mass is 35.5. The molecule has 0 atom stereocenters. The molecule has 0 aliphatic rings. The standard InChI is InChI=1S/C15H12ClN3O4/c1-22-14(20)10-4-3-9(16)5-11(10)19-7-8(6-17)12(18)13(19)15(21)23-2/h3-5,7H,18H2,1-2H3. The lowest BCUT2D eigenvalue weighted by atomic mass is 10.1. The quantitative estimate of drug-likeness (QED) is 0.862. The molecule has 0 radical (unpaired) electrons. The Morgan fingerprint density at radius 3 is 2.48 bits per heavy atom. The fourth-order valence-corrected chi connectivity index (χ4v) is 2.26. The number of methoxy groups -OCH3 is 2. The van der Waals surface area contributed by atoms with Gasteiger partial charge < -0.3 is 19.8 Å². The Kier molecular flexibility index (Phi) is 4.57. The number of aromatic nitrogens is 1. The van der Waals surface area contributed by atoms with E-state index in [9.17, 15) is 9.59 Å². The maximum Gasteiger partial charge on any atom is 0.357 e. The van der Waals surface area contributed by atoms with Gasteiger partial charge in [-0.1, -0.05) is 11.6 Å². The Morgan fingerprint density at radius 1 is 1.26 bits per heavy atom. The van der Waals surface area contributed by atoms with Crippen LogP contribution in [0.15, 0.2) is 24.4 Å². The van der Waals surface area contributed by atoms with Crippen molar-refractivity contribution < 1.29 is 19.1 Å². The number of hydrogen-bond acceptors (Lipinski definition) is 6. The molecule has 0 spiro atoms. The van der Waals surface area contributed by atoms with Gasteiger partial charge in [0.2, 0.25) is 0 Å². The topological polar surface area (TPSA) is 107 Å². The highest BCUT2D eigenvalue weighted by molar-refractivity contribution is 6.31. The summed E-state index contributed by atoms with van der Waals surface area (Å²) >= 11 is 5.98. The molecule has 2 aromatic rings. The summed E-state index contributed by atoms with van der Waals surface area (Å²) < 4.78 is 10.7. The van der Waals surface area contributed by atoms with Crippen LogP contribution in [0.25, 0.3) is 5.69 Å². The largest absolute Gasteiger partial charge is 0.465 e. The van der Waals surface area contributed by atoms with E-state index in [1.54, 1.807) is 0 Å². The molecule has 118 valence electrons. The molecule has 8 heteroatoms. The zero-order valence-electron chi connectivity index (χ0n) is 12.3. The van der Waals surface area contributed by atoms with Crippen molar-refractivity contribution in [2.75, 3.05) is 20.0 Å². The van der Waals surface area contributed by atoms with Gasteiger partial charge in [-0.15, -0.1) is 0 Å². The third kappa shape index (κ3) is 2.84. The highest BCUT2D eigenvalue weighted by Crippen LogP contribution is 2.28. The molecule has 2 N–H and O–H groups in total. The summed E-state index contributed by atoms with van der Waals surface area (Å²) in [6.07, 6.45) is 1.33. The van der Waals surface area contributed by atoms with Crippen molar-refractivity contribution in [3.05, 3.63) is 46.2 Å². The number of esters is 2. The summed E-state index contributed by atoms with van der Waals surface area (Å²) in [7, 11) is 2.41. The summed E-state index contributed by atoms with van der Waals surface area (Å²) in [4.78, 5) is 24.0. The summed E-state index contributed by atoms with van der Waals surface area (Å²) in [6.45, 7) is 0. The number of anilines is 1. The SMILES string of the molecule is COC(=O)c1ccc(Cl)cc1-n1cc(C#N)c(N)c1C(=O)OC. The minimum absolute atomic E-state index is 0.0462. The van der Waals surface area contributed by atoms with Gasteiger partial charge in [-0.3, -0.25) is 0 Å². The van der Waals surface area contributed by atoms with Crippen LogP contribution in [0.5, 0.6) is 0 Å². The molecule has 2 rings (SSSR count). The van der Waals surface area contributed by atoms with E-state index in [-0.39, 0.29) is 28.2 Å². The number of benzene rings is 1. The molecule has 0 unspecified atom stereocenters. The van der Waals surface area contributed by atoms with Gasteiger partial charge in [0.05, 0.1) is 36.7 Å². The van der Waals surface area contributed by atoms with Crippen molar-refractivity contribution in [3.63, 3.8) is 0 Å². The molecule has 0 aliphatic heterocycles. The Balaban J connectivity index is 2.82. The molecule has 0 bridgehead atoms. The van der Waals surface area contributed by atoms with Crippen molar-refractivity contribution in [3.8, 4) is 11.8 Å². The van der Waals surface area contributed by atoms with Crippen LogP contribution < -0.4 is 5.73 Å². The van der Waals surface area contributed by atoms with E-state index < -0.39 is 11.9 Å². The molecule has 1 aromatic heterocycles. The summed E-state index contributed by atoms with van der Waals surface area (Å²) in [5.74, 6) is -1.38. The Bertz CT molecular complexity index is 836. The Morgan fingerprint density at radius 2 is 1.91 bits per heavy atom. The minimum Gasteiger partial charge on any atom is -0.465 e. The molecular formula is C15H12ClN3O4. The second-order valence-electron chi connectivity index (χ2n) is 4.43. The lowest BCUT2D eigenvalue weighted by molar-refractivity contribution is 0.0582. The fourth-order valence-electron chi connectivity index (χ4n) is 2.09. The molecule has 7 nitrogen and oxygen atoms in total. The van der Waals surface area contributed by atoms with E-state index >= 15 is 0 Å². The van der Waals surface area contributed by atoms with Gasteiger partial charge in [-0.05, 0) is 18.2 Å². The monoisotopic (exact) mass is 333 g/mol. The first-order valence-electron chi connectivity index (χ1n) is 6.32. The zero-order chi connectivity index (χ0) is 17.1. The van der Waals surface area contributed by atoms with E-state index in [0.29, 0.717) is 5.02 Å². The lowest BCUT2D eigenvalue weighted by Crippen LogP contribution is -2.14. The van der Waals surface area contributed by atoms with Gasteiger partial charge >= 0.3 is 11.9 Å². The minimum atomic E-state index is -0.750. The van der Waals surface area contributed by atoms with Crippen LogP contribution in [0.2, 0.25) is 5.02 Å². The molecule has 23 heavy (non-hydrogen) atoms. The molecule has 0 fully saturated rings. The fraction of sp³-hybridized carbons (Fsp3) is 0.133. The number of nitrogen functional groups attached to an aromatic ring is 1. The number of halogens is 1. The van der Waals surface area contributed by atoms with Crippen molar-refractivity contribution in [1.29, 1.82) is 5.26 Å². The van der Waals surface area contributed by atoms with Gasteiger partial charge in [0, 0.05) is 11.2 Å². The van der Waals surface area contributed by atoms with Gasteiger partial charge in [-0.2, -0.15) is 5.26 Å². The molecule has 1 heterocycles. The molecule has 0 saturated heterocycles. The Hall–Kier alpha value is -2.98. The number of rotatable bonds is 3. The van der Waals surface area contributed by atoms with Gasteiger partial charge in [0.25, 0.3) is 0 Å². The summed E-state index contributed by atoms with van der Waals surface area (Å²) in [6, 6.07) is 6.30. The normalized spacial score (nSPS) is 10.0. The number of hydrogen-bond donors (Lipinski definition) is 1. The Labute approximate surface area is 136 Å². The van der Waals surface area contributed by atoms with Crippen LogP contribution in [0.3, 0.4) is 0 Å². The third-order valence-electron chi connectivity index (χ3n) is 3.17. The number of ether oxygens (including phenoxy) is 2. The van der Waals surface area contributed by atoms with E-state index in [1.807, 2.05) is 6.07 Å². The first kappa shape index (κ1) is 16.4. The summed E-state index contributed by atoms with van der Waals surface area (Å²) in [5.41, 5.74) is 6.19. The summed E-state index contributed by atoms with van der Waals surface area (Å²) in [5, 5.41) is 9.45. The number of carbonyl (C=O) groups excluding carboxylic acids is 2. The highest BCUT2D eigenvalue weighted by Gasteiger charge is 2.24. The zero-order valence-corrected chi connectivity index (χ0v) is 13.0. The van der Waals surface area contributed by atoms with Crippen LogP contribution in [0, 0.1) is 11.3 Å². The first-order chi connectivity index (χ1) is 10.9. The van der Waals surface area contributed by atoms with Crippen molar-refractivity contribution in [1.82, 2.24) is 4.57 Å². The molecule has 0 amide bonds. The van der Waals surface area contributed by atoms with E-state index in [0.717, 1.165) is 0 Å². The van der Waals surface area contributed by atoms with E-state index in [1.165, 1.54) is 43.2 Å². The van der Waals surface area contributed by atoms with Crippen LogP contribution in [-0.4, -0.2) is 30.7 Å². The average Bonchev–Trinajstić information content (AvgIpc) is 2.89. The third-order valence-corrected chi connectivity index (χ3v) is 3.40. The first-order valence-corrected chi connectivity index (χ1v) is 6.69. The van der Waals surface area contributed by atoms with Gasteiger partial charge in [0.1, 0.15) is 6.07 Å². The van der Waals surface area contributed by atoms with E-state index in [4.69, 9.17) is 32.1 Å². The average molecular weight is 334 g/mol. The van der Waals surface area contributed by atoms with Crippen LogP contribution in [0.4, 0.5) is 5.69 Å². The van der Waals surface area contributed by atoms with Crippen LogP contribution in [0.1, 0.15) is 26.4 Å². The van der Waals surface area contributed by atoms with E-state index in [2.05, 4.69) is 0 Å². The van der Waals surface area contributed by atoms with Crippen molar-refractivity contribution >= 4 is 29.2 Å². The van der Waals surface area contributed by atoms with Crippen LogP contribution >= 0.6 is 11.6 Å². The predicted octanol–water partition coefficient (Wildman–Crippen LogP) is 2.16. The van der Waals surface area contributed by atoms with Crippen molar-refractivity contribution in [2.45, 2.75) is 0 Å². The smallest absolute Gasteiger partial charge is 0.357 e. The molecular weight excluding hydrogens is 322 g/mol. The lowest BCUT2D eigenvalue weighted by Gasteiger charge is -2.12. The van der Waals surface area contributed by atoms with Gasteiger partial charge in [0.15, 0.2) is 5.69 Å². The molecule has 0 aliphatic carbocycles. The van der Waals surface area contributed by atoms with Crippen molar-refractivity contribution in [2.24, 2.45) is 0 Å². The van der Waals surface area contributed by atoms with Gasteiger partial charge in [-0.25, -0.2) is 9.59 Å². The maximum atomic E-state index is 12.0. The predicted molar refractivity (Wildman–Crippen MR) is 82.6 cm³/mol. The molecule has 0 saturated carbocycles. The number of nitrogens with zero attached hydrogens (tertiary/aromatic N) is 2.